The molecule has 1 rings (SSSR count). The van der Waals surface area contributed by atoms with Crippen molar-refractivity contribution >= 4 is 29.7 Å². The predicted molar refractivity (Wildman–Crippen MR) is 138 cm³/mol. The number of carbonyl (C=O) groups excluding carboxylic acids is 3. The number of hydrogen-bond donors (Lipinski definition) is 8. The minimum Gasteiger partial charge on any atom is -0.508 e. The van der Waals surface area contributed by atoms with Gasteiger partial charge in [0.1, 0.15) is 23.9 Å². The van der Waals surface area contributed by atoms with E-state index >= 15 is 0 Å². The fraction of sp³-hybridized carbons (Fsp3) is 0.560. The van der Waals surface area contributed by atoms with E-state index in [1.54, 1.807) is 26.0 Å². The Hall–Kier alpha value is -3.71. The normalized spacial score (nSPS) is 14.1. The molecule has 1 aromatic carbocycles. The predicted octanol–water partition coefficient (Wildman–Crippen LogP) is -0.549. The standard InChI is InChI=1S/C25H39N5O8/c1-14(2)21(25(37)38)30-23(35)18(5-3-4-12-26)28-24(36)19(13-15-6-8-16(31)9-7-15)29-22(34)17(27)10-11-20(32)33/h6-9,14,17-19,21,31H,3-5,10-13,26-27H2,1-2H3,(H,28,36)(H,29,34)(H,30,35)(H,32,33)(H,37,38). The van der Waals surface area contributed by atoms with Gasteiger partial charge in [0, 0.05) is 12.8 Å². The molecule has 0 radical (unpaired) electrons. The molecule has 4 unspecified atom stereocenters. The Morgan fingerprint density at radius 3 is 1.95 bits per heavy atom. The summed E-state index contributed by atoms with van der Waals surface area (Å²) in [5.74, 6) is -4.91. The minimum absolute atomic E-state index is 0.00394. The van der Waals surface area contributed by atoms with Gasteiger partial charge in [0.25, 0.3) is 0 Å². The van der Waals surface area contributed by atoms with Crippen molar-refractivity contribution in [1.82, 2.24) is 16.0 Å². The van der Waals surface area contributed by atoms with Crippen molar-refractivity contribution in [3.8, 4) is 5.75 Å². The summed E-state index contributed by atoms with van der Waals surface area (Å²) in [6, 6.07) is 1.26. The lowest BCUT2D eigenvalue weighted by atomic mass is 10.0. The summed E-state index contributed by atoms with van der Waals surface area (Å²) < 4.78 is 0. The third-order valence-electron chi connectivity index (χ3n) is 5.83. The first-order chi connectivity index (χ1) is 17.8. The number of phenols is 1. The number of unbranched alkanes of at least 4 members (excludes halogenated alkanes) is 1. The maximum absolute atomic E-state index is 13.3. The van der Waals surface area contributed by atoms with Gasteiger partial charge in [-0.1, -0.05) is 26.0 Å². The van der Waals surface area contributed by atoms with Crippen LogP contribution in [-0.2, 0) is 30.4 Å². The number of benzene rings is 1. The van der Waals surface area contributed by atoms with Gasteiger partial charge in [-0.05, 0) is 55.8 Å². The van der Waals surface area contributed by atoms with Crippen LogP contribution in [-0.4, -0.2) is 75.7 Å². The Kier molecular flexibility index (Phi) is 13.8. The SMILES string of the molecule is CC(C)C(NC(=O)C(CCCCN)NC(=O)C(Cc1ccc(O)cc1)NC(=O)C(N)CCC(=O)O)C(=O)O. The first-order valence-corrected chi connectivity index (χ1v) is 12.4. The number of carboxylic acids is 2. The van der Waals surface area contributed by atoms with E-state index in [0.717, 1.165) is 0 Å². The number of hydrogen-bond acceptors (Lipinski definition) is 8. The molecule has 1 aromatic rings. The van der Waals surface area contributed by atoms with E-state index in [2.05, 4.69) is 16.0 Å². The van der Waals surface area contributed by atoms with E-state index in [1.807, 2.05) is 0 Å². The van der Waals surface area contributed by atoms with Gasteiger partial charge in [0.05, 0.1) is 6.04 Å². The van der Waals surface area contributed by atoms with Crippen molar-refractivity contribution < 1.29 is 39.3 Å². The molecule has 13 heteroatoms. The first kappa shape index (κ1) is 32.3. The quantitative estimate of drug-likeness (QED) is 0.118. The molecule has 13 nitrogen and oxygen atoms in total. The van der Waals surface area contributed by atoms with Gasteiger partial charge < -0.3 is 42.7 Å². The molecule has 0 aromatic heterocycles. The Labute approximate surface area is 221 Å². The topological polar surface area (TPSA) is 234 Å². The molecule has 212 valence electrons. The smallest absolute Gasteiger partial charge is 0.326 e. The zero-order chi connectivity index (χ0) is 28.8. The van der Waals surface area contributed by atoms with Gasteiger partial charge >= 0.3 is 11.9 Å². The van der Waals surface area contributed by atoms with Crippen molar-refractivity contribution in [2.75, 3.05) is 6.54 Å². The fourth-order valence-corrected chi connectivity index (χ4v) is 3.57. The second-order valence-corrected chi connectivity index (χ2v) is 9.38. The maximum Gasteiger partial charge on any atom is 0.326 e. The lowest BCUT2D eigenvalue weighted by Crippen LogP contribution is -2.58. The summed E-state index contributed by atoms with van der Waals surface area (Å²) >= 11 is 0. The number of amides is 3. The van der Waals surface area contributed by atoms with Crippen molar-refractivity contribution in [3.05, 3.63) is 29.8 Å². The van der Waals surface area contributed by atoms with Crippen molar-refractivity contribution in [1.29, 1.82) is 0 Å². The van der Waals surface area contributed by atoms with Crippen molar-refractivity contribution in [3.63, 3.8) is 0 Å². The van der Waals surface area contributed by atoms with Crippen LogP contribution in [0.15, 0.2) is 24.3 Å². The monoisotopic (exact) mass is 537 g/mol. The molecule has 0 aliphatic carbocycles. The van der Waals surface area contributed by atoms with E-state index < -0.39 is 59.7 Å². The molecule has 3 amide bonds. The summed E-state index contributed by atoms with van der Waals surface area (Å²) in [5, 5.41) is 35.4. The Morgan fingerprint density at radius 2 is 1.42 bits per heavy atom. The van der Waals surface area contributed by atoms with Gasteiger partial charge in [-0.25, -0.2) is 4.79 Å². The summed E-state index contributed by atoms with van der Waals surface area (Å²) in [4.78, 5) is 61.3. The molecule has 4 atom stereocenters. The van der Waals surface area contributed by atoms with Gasteiger partial charge in [-0.3, -0.25) is 19.2 Å². The highest BCUT2D eigenvalue weighted by atomic mass is 16.4. The maximum atomic E-state index is 13.3. The lowest BCUT2D eigenvalue weighted by Gasteiger charge is -2.26. The third kappa shape index (κ3) is 11.6. The zero-order valence-electron chi connectivity index (χ0n) is 21.7. The number of phenolic OH excluding ortho intramolecular Hbond substituents is 1. The largest absolute Gasteiger partial charge is 0.508 e. The second kappa shape index (κ2) is 16.2. The second-order valence-electron chi connectivity index (χ2n) is 9.38. The van der Waals surface area contributed by atoms with Crippen LogP contribution in [0, 0.1) is 5.92 Å². The number of aliphatic carboxylic acids is 2. The molecular formula is C25H39N5O8. The first-order valence-electron chi connectivity index (χ1n) is 12.4. The fourth-order valence-electron chi connectivity index (χ4n) is 3.57. The summed E-state index contributed by atoms with van der Waals surface area (Å²) in [7, 11) is 0. The number of carbonyl (C=O) groups is 5. The highest BCUT2D eigenvalue weighted by molar-refractivity contribution is 5.94. The van der Waals surface area contributed by atoms with Crippen LogP contribution in [0.2, 0.25) is 0 Å². The minimum atomic E-state index is -1.21. The van der Waals surface area contributed by atoms with Crippen LogP contribution in [0.25, 0.3) is 0 Å². The van der Waals surface area contributed by atoms with E-state index in [-0.39, 0.29) is 31.4 Å². The van der Waals surface area contributed by atoms with Crippen molar-refractivity contribution in [2.24, 2.45) is 17.4 Å². The van der Waals surface area contributed by atoms with Gasteiger partial charge in [0.15, 0.2) is 0 Å². The van der Waals surface area contributed by atoms with Gasteiger partial charge in [-0.2, -0.15) is 0 Å². The van der Waals surface area contributed by atoms with E-state index in [1.165, 1.54) is 12.1 Å². The molecule has 0 heterocycles. The summed E-state index contributed by atoms with van der Waals surface area (Å²) in [6.07, 6.45) is 0.710. The molecule has 0 saturated carbocycles. The molecule has 38 heavy (non-hydrogen) atoms. The van der Waals surface area contributed by atoms with Crippen LogP contribution in [0.5, 0.6) is 5.75 Å². The highest BCUT2D eigenvalue weighted by Crippen LogP contribution is 2.13. The summed E-state index contributed by atoms with van der Waals surface area (Å²) in [6.45, 7) is 3.63. The number of carboxylic acid groups (broad SMARTS) is 2. The van der Waals surface area contributed by atoms with Crippen LogP contribution < -0.4 is 27.4 Å². The summed E-state index contributed by atoms with van der Waals surface area (Å²) in [5.41, 5.74) is 11.9. The van der Waals surface area contributed by atoms with Crippen LogP contribution in [0.1, 0.15) is 51.5 Å². The van der Waals surface area contributed by atoms with E-state index in [4.69, 9.17) is 16.6 Å². The Bertz CT molecular complexity index is 954. The van der Waals surface area contributed by atoms with Crippen molar-refractivity contribution in [2.45, 2.75) is 76.5 Å². The molecule has 0 aliphatic rings. The Balaban J connectivity index is 3.13. The molecule has 0 fully saturated rings. The van der Waals surface area contributed by atoms with Crippen LogP contribution >= 0.6 is 0 Å². The van der Waals surface area contributed by atoms with Gasteiger partial charge in [-0.15, -0.1) is 0 Å². The molecule has 0 aliphatic heterocycles. The number of rotatable bonds is 17. The van der Waals surface area contributed by atoms with Gasteiger partial charge in [0.2, 0.25) is 17.7 Å². The lowest BCUT2D eigenvalue weighted by molar-refractivity contribution is -0.143. The molecular weight excluding hydrogens is 498 g/mol. The van der Waals surface area contributed by atoms with E-state index in [0.29, 0.717) is 24.9 Å². The zero-order valence-corrected chi connectivity index (χ0v) is 21.7. The molecule has 10 N–H and O–H groups in total. The van der Waals surface area contributed by atoms with E-state index in [9.17, 15) is 34.2 Å². The number of aromatic hydroxyl groups is 1. The van der Waals surface area contributed by atoms with Crippen LogP contribution in [0.4, 0.5) is 0 Å². The number of nitrogens with one attached hydrogen (secondary N) is 3. The third-order valence-corrected chi connectivity index (χ3v) is 5.83. The van der Waals surface area contributed by atoms with Crippen LogP contribution in [0.3, 0.4) is 0 Å². The Morgan fingerprint density at radius 1 is 0.842 bits per heavy atom. The highest BCUT2D eigenvalue weighted by Gasteiger charge is 2.31. The number of nitrogens with two attached hydrogens (primary N) is 2. The molecule has 0 saturated heterocycles. The average molecular weight is 538 g/mol. The molecule has 0 spiro atoms. The average Bonchev–Trinajstić information content (AvgIpc) is 2.85. The molecule has 0 bridgehead atoms.